The molecule has 0 saturated heterocycles. The summed E-state index contributed by atoms with van der Waals surface area (Å²) in [6.07, 6.45) is 0.783. The molecule has 1 unspecified atom stereocenters. The Balaban J connectivity index is 1.94. The van der Waals surface area contributed by atoms with E-state index in [1.807, 2.05) is 24.3 Å². The van der Waals surface area contributed by atoms with Crippen molar-refractivity contribution in [2.75, 3.05) is 12.3 Å². The molecule has 1 aromatic heterocycles. The Hall–Kier alpha value is -2.63. The Bertz CT molecular complexity index is 692. The van der Waals surface area contributed by atoms with Crippen LogP contribution in [0.25, 0.3) is 0 Å². The Kier molecular flexibility index (Phi) is 3.21. The van der Waals surface area contributed by atoms with Gasteiger partial charge in [0.25, 0.3) is 5.91 Å². The molecule has 1 amide bonds. The summed E-state index contributed by atoms with van der Waals surface area (Å²) in [5, 5.41) is 0. The largest absolute Gasteiger partial charge is 0.493 e. The number of hydrogen-bond donors (Lipinski definition) is 2. The lowest BCUT2D eigenvalue weighted by molar-refractivity contribution is 0.1000. The molecule has 0 bridgehead atoms. The number of fused-ring (bicyclic) bond motifs is 1. The van der Waals surface area contributed by atoms with Gasteiger partial charge in [0.05, 0.1) is 18.2 Å². The van der Waals surface area contributed by atoms with Gasteiger partial charge in [0.2, 0.25) is 0 Å². The number of rotatable bonds is 2. The molecule has 0 saturated carbocycles. The maximum absolute atomic E-state index is 11.3. The lowest BCUT2D eigenvalue weighted by Crippen LogP contribution is -2.24. The first kappa shape index (κ1) is 13.4. The van der Waals surface area contributed by atoms with Crippen LogP contribution >= 0.6 is 0 Å². The molecule has 6 nitrogen and oxygen atoms in total. The Morgan fingerprint density at radius 1 is 1.33 bits per heavy atom. The summed E-state index contributed by atoms with van der Waals surface area (Å²) in [6, 6.07) is 7.89. The van der Waals surface area contributed by atoms with Gasteiger partial charge in [0.15, 0.2) is 0 Å². The molecule has 1 aliphatic heterocycles. The second kappa shape index (κ2) is 5.05. The monoisotopic (exact) mass is 284 g/mol. The molecular formula is C15H16N4O2. The molecule has 0 spiro atoms. The van der Waals surface area contributed by atoms with Crippen molar-refractivity contribution < 1.29 is 9.53 Å². The number of aryl methyl sites for hydroxylation is 1. The van der Waals surface area contributed by atoms with Crippen LogP contribution in [-0.2, 0) is 6.42 Å². The van der Waals surface area contributed by atoms with Gasteiger partial charge in [0, 0.05) is 0 Å². The molecule has 1 atom stereocenters. The molecule has 2 aromatic rings. The summed E-state index contributed by atoms with van der Waals surface area (Å²) in [7, 11) is 0. The number of ether oxygens (including phenoxy) is 1. The van der Waals surface area contributed by atoms with Crippen molar-refractivity contribution in [2.24, 2.45) is 5.73 Å². The summed E-state index contributed by atoms with van der Waals surface area (Å²) < 4.78 is 5.74. The van der Waals surface area contributed by atoms with Crippen LogP contribution in [0.4, 0.5) is 5.82 Å². The molecule has 1 aromatic carbocycles. The van der Waals surface area contributed by atoms with E-state index in [0.717, 1.165) is 17.7 Å². The highest BCUT2D eigenvalue weighted by Crippen LogP contribution is 2.31. The topological polar surface area (TPSA) is 104 Å². The van der Waals surface area contributed by atoms with Crippen molar-refractivity contribution in [1.82, 2.24) is 9.97 Å². The predicted octanol–water partition coefficient (Wildman–Crippen LogP) is 1.18. The van der Waals surface area contributed by atoms with Crippen molar-refractivity contribution in [3.63, 3.8) is 0 Å². The molecule has 0 fully saturated rings. The van der Waals surface area contributed by atoms with E-state index in [9.17, 15) is 4.79 Å². The molecule has 21 heavy (non-hydrogen) atoms. The number of nitrogens with zero attached hydrogens (tertiary/aromatic N) is 2. The molecule has 0 radical (unpaired) electrons. The van der Waals surface area contributed by atoms with E-state index in [-0.39, 0.29) is 17.3 Å². The highest BCUT2D eigenvalue weighted by atomic mass is 16.5. The standard InChI is InChI=1S/C15H16N4O2/c1-8-12(14(17)20)13(16)19-15(18-8)10-6-9-4-2-3-5-11(9)21-7-10/h2-5,10H,6-7H2,1H3,(H2,17,20)(H2,16,18,19). The highest BCUT2D eigenvalue weighted by Gasteiger charge is 2.25. The summed E-state index contributed by atoms with van der Waals surface area (Å²) >= 11 is 0. The van der Waals surface area contributed by atoms with Crippen LogP contribution in [0.15, 0.2) is 24.3 Å². The zero-order chi connectivity index (χ0) is 15.0. The third kappa shape index (κ3) is 2.40. The first-order chi connectivity index (χ1) is 10.1. The molecule has 4 N–H and O–H groups in total. The number of nitrogens with two attached hydrogens (primary N) is 2. The number of nitrogen functional groups attached to an aromatic ring is 1. The van der Waals surface area contributed by atoms with E-state index in [1.165, 1.54) is 0 Å². The minimum absolute atomic E-state index is 0.0165. The third-order valence-corrected chi connectivity index (χ3v) is 3.63. The van der Waals surface area contributed by atoms with Gasteiger partial charge in [-0.1, -0.05) is 18.2 Å². The van der Waals surface area contributed by atoms with Crippen molar-refractivity contribution in [1.29, 1.82) is 0 Å². The number of aromatic nitrogens is 2. The molecule has 6 heteroatoms. The zero-order valence-electron chi connectivity index (χ0n) is 11.7. The fraction of sp³-hybridized carbons (Fsp3) is 0.267. The minimum atomic E-state index is -0.609. The molecule has 3 rings (SSSR count). The van der Waals surface area contributed by atoms with Crippen molar-refractivity contribution in [3.05, 3.63) is 46.9 Å². The maximum Gasteiger partial charge on any atom is 0.254 e. The number of carbonyl (C=O) groups excluding carboxylic acids is 1. The van der Waals surface area contributed by atoms with Gasteiger partial charge in [0.1, 0.15) is 23.0 Å². The number of para-hydroxylation sites is 1. The van der Waals surface area contributed by atoms with Gasteiger partial charge in [-0.25, -0.2) is 9.97 Å². The van der Waals surface area contributed by atoms with Gasteiger partial charge >= 0.3 is 0 Å². The molecule has 1 aliphatic rings. The quantitative estimate of drug-likeness (QED) is 0.861. The SMILES string of the molecule is Cc1nc(C2COc3ccccc3C2)nc(N)c1C(N)=O. The maximum atomic E-state index is 11.3. The van der Waals surface area contributed by atoms with Crippen LogP contribution in [0.1, 0.15) is 33.4 Å². The van der Waals surface area contributed by atoms with Gasteiger partial charge in [-0.05, 0) is 25.0 Å². The normalized spacial score (nSPS) is 16.9. The zero-order valence-corrected chi connectivity index (χ0v) is 11.7. The van der Waals surface area contributed by atoms with Gasteiger partial charge < -0.3 is 16.2 Å². The van der Waals surface area contributed by atoms with E-state index >= 15 is 0 Å². The molecule has 0 aliphatic carbocycles. The van der Waals surface area contributed by atoms with Crippen molar-refractivity contribution in [3.8, 4) is 5.75 Å². The van der Waals surface area contributed by atoms with E-state index in [2.05, 4.69) is 9.97 Å². The molecular weight excluding hydrogens is 268 g/mol. The van der Waals surface area contributed by atoms with Crippen LogP contribution in [-0.4, -0.2) is 22.5 Å². The Morgan fingerprint density at radius 2 is 2.10 bits per heavy atom. The first-order valence-corrected chi connectivity index (χ1v) is 6.70. The summed E-state index contributed by atoms with van der Waals surface area (Å²) in [5.74, 6) is 1.02. The van der Waals surface area contributed by atoms with E-state index in [1.54, 1.807) is 6.92 Å². The second-order valence-electron chi connectivity index (χ2n) is 5.11. The third-order valence-electron chi connectivity index (χ3n) is 3.63. The lowest BCUT2D eigenvalue weighted by Gasteiger charge is -2.24. The number of primary amides is 1. The minimum Gasteiger partial charge on any atom is -0.493 e. The fourth-order valence-corrected chi connectivity index (χ4v) is 2.60. The van der Waals surface area contributed by atoms with Crippen LogP contribution in [0.5, 0.6) is 5.75 Å². The van der Waals surface area contributed by atoms with E-state index < -0.39 is 5.91 Å². The number of benzene rings is 1. The summed E-state index contributed by atoms with van der Waals surface area (Å²) in [6.45, 7) is 2.20. The number of carbonyl (C=O) groups is 1. The number of amides is 1. The predicted molar refractivity (Wildman–Crippen MR) is 78.1 cm³/mol. The van der Waals surface area contributed by atoms with Gasteiger partial charge in [-0.2, -0.15) is 0 Å². The van der Waals surface area contributed by atoms with Crippen molar-refractivity contribution >= 4 is 11.7 Å². The molecule has 2 heterocycles. The Labute approximate surface area is 122 Å². The highest BCUT2D eigenvalue weighted by molar-refractivity contribution is 5.98. The van der Waals surface area contributed by atoms with Crippen LogP contribution < -0.4 is 16.2 Å². The average molecular weight is 284 g/mol. The summed E-state index contributed by atoms with van der Waals surface area (Å²) in [5.41, 5.74) is 12.9. The van der Waals surface area contributed by atoms with Gasteiger partial charge in [-0.15, -0.1) is 0 Å². The molecule has 108 valence electrons. The fourth-order valence-electron chi connectivity index (χ4n) is 2.60. The second-order valence-corrected chi connectivity index (χ2v) is 5.11. The Morgan fingerprint density at radius 3 is 2.81 bits per heavy atom. The van der Waals surface area contributed by atoms with E-state index in [0.29, 0.717) is 18.1 Å². The lowest BCUT2D eigenvalue weighted by atomic mass is 9.96. The van der Waals surface area contributed by atoms with Gasteiger partial charge in [-0.3, -0.25) is 4.79 Å². The average Bonchev–Trinajstić information content (AvgIpc) is 2.45. The van der Waals surface area contributed by atoms with Crippen molar-refractivity contribution in [2.45, 2.75) is 19.3 Å². The van der Waals surface area contributed by atoms with Crippen LogP contribution in [0.2, 0.25) is 0 Å². The van der Waals surface area contributed by atoms with E-state index in [4.69, 9.17) is 16.2 Å². The summed E-state index contributed by atoms with van der Waals surface area (Å²) in [4.78, 5) is 19.9. The number of anilines is 1. The smallest absolute Gasteiger partial charge is 0.254 e. The van der Waals surface area contributed by atoms with Crippen LogP contribution in [0, 0.1) is 6.92 Å². The van der Waals surface area contributed by atoms with Crippen LogP contribution in [0.3, 0.4) is 0 Å². The first-order valence-electron chi connectivity index (χ1n) is 6.70. The number of hydrogen-bond acceptors (Lipinski definition) is 5.